The summed E-state index contributed by atoms with van der Waals surface area (Å²) in [6, 6.07) is 14.1. The van der Waals surface area contributed by atoms with Crippen LogP contribution in [0.25, 0.3) is 0 Å². The Morgan fingerprint density at radius 2 is 1.65 bits per heavy atom. The van der Waals surface area contributed by atoms with Gasteiger partial charge in [0.2, 0.25) is 15.9 Å². The highest BCUT2D eigenvalue weighted by atomic mass is 35.5. The molecular weight excluding hydrogens is 336 g/mol. The Hall–Kier alpha value is -1.89. The monoisotopic (exact) mass is 352 g/mol. The minimum atomic E-state index is -3.54. The number of hydrogen-bond donors (Lipinski definition) is 2. The Balaban J connectivity index is 1.88. The van der Waals surface area contributed by atoms with E-state index in [2.05, 4.69) is 5.32 Å². The highest BCUT2D eigenvalue weighted by Crippen LogP contribution is 2.15. The lowest BCUT2D eigenvalue weighted by molar-refractivity contribution is -0.120. The summed E-state index contributed by atoms with van der Waals surface area (Å²) in [6.45, 7) is 0.360. The Labute approximate surface area is 140 Å². The molecule has 0 aliphatic heterocycles. The van der Waals surface area contributed by atoms with Crippen molar-refractivity contribution in [3.8, 4) is 0 Å². The predicted molar refractivity (Wildman–Crippen MR) is 90.3 cm³/mol. The lowest BCUT2D eigenvalue weighted by Gasteiger charge is -2.07. The molecule has 3 N–H and O–H groups in total. The van der Waals surface area contributed by atoms with Gasteiger partial charge in [-0.05, 0) is 22.8 Å². The molecule has 0 bridgehead atoms. The van der Waals surface area contributed by atoms with E-state index in [0.29, 0.717) is 17.1 Å². The Kier molecular flexibility index (Phi) is 5.76. The second kappa shape index (κ2) is 7.59. The molecule has 0 saturated heterocycles. The summed E-state index contributed by atoms with van der Waals surface area (Å²) in [5, 5.41) is 8.36. The van der Waals surface area contributed by atoms with Gasteiger partial charge >= 0.3 is 0 Å². The van der Waals surface area contributed by atoms with E-state index in [4.69, 9.17) is 16.7 Å². The fourth-order valence-electron chi connectivity index (χ4n) is 2.06. The summed E-state index contributed by atoms with van der Waals surface area (Å²) in [7, 11) is -3.54. The molecule has 23 heavy (non-hydrogen) atoms. The van der Waals surface area contributed by atoms with Gasteiger partial charge in [0.15, 0.2) is 0 Å². The second-order valence-electron chi connectivity index (χ2n) is 5.17. The van der Waals surface area contributed by atoms with Crippen molar-refractivity contribution in [3.63, 3.8) is 0 Å². The zero-order chi connectivity index (χ0) is 16.9. The second-order valence-corrected chi connectivity index (χ2v) is 7.19. The number of nitrogens with two attached hydrogens (primary N) is 1. The number of carbonyl (C=O) groups excluding carboxylic acids is 1. The summed E-state index contributed by atoms with van der Waals surface area (Å²) in [6.07, 6.45) is 0.211. The predicted octanol–water partition coefficient (Wildman–Crippen LogP) is 1.99. The number of benzene rings is 2. The summed E-state index contributed by atoms with van der Waals surface area (Å²) < 4.78 is 22.0. The Bertz CT molecular complexity index is 789. The van der Waals surface area contributed by atoms with Crippen LogP contribution in [0.5, 0.6) is 0 Å². The number of carbonyl (C=O) groups is 1. The van der Waals surface area contributed by atoms with E-state index in [1.165, 1.54) is 0 Å². The Morgan fingerprint density at radius 3 is 2.26 bits per heavy atom. The van der Waals surface area contributed by atoms with Crippen LogP contribution in [0.2, 0.25) is 5.02 Å². The number of halogens is 1. The zero-order valence-corrected chi connectivity index (χ0v) is 13.9. The zero-order valence-electron chi connectivity index (χ0n) is 12.3. The average molecular weight is 353 g/mol. The molecular formula is C16H17ClN2O3S. The van der Waals surface area contributed by atoms with Crippen molar-refractivity contribution < 1.29 is 13.2 Å². The molecule has 1 amide bonds. The molecule has 0 unspecified atom stereocenters. The van der Waals surface area contributed by atoms with Crippen LogP contribution in [0.3, 0.4) is 0 Å². The maximum Gasteiger partial charge on any atom is 0.224 e. The number of sulfonamides is 1. The summed E-state index contributed by atoms with van der Waals surface area (Å²) in [4.78, 5) is 11.9. The molecule has 0 saturated carbocycles. The lowest BCUT2D eigenvalue weighted by Crippen LogP contribution is -2.24. The SMILES string of the molecule is NS(=O)(=O)Cc1ccc(CNC(=O)Cc2ccccc2Cl)cc1. The quantitative estimate of drug-likeness (QED) is 0.833. The minimum Gasteiger partial charge on any atom is -0.352 e. The van der Waals surface area contributed by atoms with E-state index in [9.17, 15) is 13.2 Å². The van der Waals surface area contributed by atoms with Crippen molar-refractivity contribution in [1.82, 2.24) is 5.32 Å². The first kappa shape index (κ1) is 17.5. The molecule has 122 valence electrons. The van der Waals surface area contributed by atoms with Crippen LogP contribution in [0.1, 0.15) is 16.7 Å². The molecule has 0 heterocycles. The third kappa shape index (κ3) is 6.02. The van der Waals surface area contributed by atoms with Crippen LogP contribution >= 0.6 is 11.6 Å². The van der Waals surface area contributed by atoms with Gasteiger partial charge in [-0.15, -0.1) is 0 Å². The first-order valence-electron chi connectivity index (χ1n) is 6.92. The minimum absolute atomic E-state index is 0.133. The van der Waals surface area contributed by atoms with Crippen molar-refractivity contribution in [1.29, 1.82) is 0 Å². The normalized spacial score (nSPS) is 11.2. The van der Waals surface area contributed by atoms with E-state index in [1.54, 1.807) is 30.3 Å². The van der Waals surface area contributed by atoms with E-state index in [1.807, 2.05) is 18.2 Å². The van der Waals surface area contributed by atoms with Gasteiger partial charge in [0.1, 0.15) is 0 Å². The average Bonchev–Trinajstić information content (AvgIpc) is 2.47. The smallest absolute Gasteiger partial charge is 0.224 e. The molecule has 0 fully saturated rings. The van der Waals surface area contributed by atoms with Gasteiger partial charge in [0.05, 0.1) is 12.2 Å². The highest BCUT2D eigenvalue weighted by Gasteiger charge is 2.07. The summed E-state index contributed by atoms with van der Waals surface area (Å²) in [5.74, 6) is -0.335. The largest absolute Gasteiger partial charge is 0.352 e. The van der Waals surface area contributed by atoms with Crippen molar-refractivity contribution in [2.24, 2.45) is 5.14 Å². The van der Waals surface area contributed by atoms with Gasteiger partial charge in [-0.2, -0.15) is 0 Å². The van der Waals surface area contributed by atoms with Crippen LogP contribution < -0.4 is 10.5 Å². The van der Waals surface area contributed by atoms with Crippen LogP contribution in [-0.4, -0.2) is 14.3 Å². The van der Waals surface area contributed by atoms with Gasteiger partial charge in [-0.1, -0.05) is 54.1 Å². The van der Waals surface area contributed by atoms with Crippen molar-refractivity contribution in [2.45, 2.75) is 18.7 Å². The van der Waals surface area contributed by atoms with Gasteiger partial charge < -0.3 is 5.32 Å². The molecule has 0 radical (unpaired) electrons. The topological polar surface area (TPSA) is 89.3 Å². The molecule has 0 spiro atoms. The highest BCUT2D eigenvalue weighted by molar-refractivity contribution is 7.88. The summed E-state index contributed by atoms with van der Waals surface area (Å²) >= 11 is 6.02. The van der Waals surface area contributed by atoms with Crippen LogP contribution in [-0.2, 0) is 33.5 Å². The molecule has 0 atom stereocenters. The molecule has 0 aromatic heterocycles. The molecule has 0 aliphatic carbocycles. The van der Waals surface area contributed by atoms with Crippen LogP contribution in [0.4, 0.5) is 0 Å². The number of amides is 1. The van der Waals surface area contributed by atoms with E-state index in [0.717, 1.165) is 11.1 Å². The van der Waals surface area contributed by atoms with Crippen LogP contribution in [0, 0.1) is 0 Å². The maximum absolute atomic E-state index is 11.9. The molecule has 5 nitrogen and oxygen atoms in total. The Morgan fingerprint density at radius 1 is 1.04 bits per heavy atom. The van der Waals surface area contributed by atoms with E-state index in [-0.39, 0.29) is 18.1 Å². The van der Waals surface area contributed by atoms with Crippen LogP contribution in [0.15, 0.2) is 48.5 Å². The number of nitrogens with one attached hydrogen (secondary N) is 1. The number of hydrogen-bond acceptors (Lipinski definition) is 3. The maximum atomic E-state index is 11.9. The fourth-order valence-corrected chi connectivity index (χ4v) is 2.92. The van der Waals surface area contributed by atoms with Crippen molar-refractivity contribution in [2.75, 3.05) is 0 Å². The first-order chi connectivity index (χ1) is 10.8. The fraction of sp³-hybridized carbons (Fsp3) is 0.188. The standard InChI is InChI=1S/C16H17ClN2O3S/c17-15-4-2-1-3-14(15)9-16(20)19-10-12-5-7-13(8-6-12)11-23(18,21)22/h1-8H,9-11H2,(H,19,20)(H2,18,21,22). The lowest BCUT2D eigenvalue weighted by atomic mass is 10.1. The van der Waals surface area contributed by atoms with E-state index < -0.39 is 10.0 Å². The molecule has 2 aromatic carbocycles. The third-order valence-corrected chi connectivity index (χ3v) is 4.29. The number of primary sulfonamides is 1. The molecule has 0 aliphatic rings. The first-order valence-corrected chi connectivity index (χ1v) is 9.01. The van der Waals surface area contributed by atoms with E-state index >= 15 is 0 Å². The molecule has 7 heteroatoms. The van der Waals surface area contributed by atoms with Gasteiger partial charge in [-0.25, -0.2) is 13.6 Å². The summed E-state index contributed by atoms with van der Waals surface area (Å²) in [5.41, 5.74) is 2.25. The number of rotatable bonds is 6. The molecule has 2 aromatic rings. The van der Waals surface area contributed by atoms with Gasteiger partial charge in [0, 0.05) is 11.6 Å². The van der Waals surface area contributed by atoms with Crippen molar-refractivity contribution >= 4 is 27.5 Å². The third-order valence-electron chi connectivity index (χ3n) is 3.19. The van der Waals surface area contributed by atoms with Crippen molar-refractivity contribution in [3.05, 3.63) is 70.2 Å². The van der Waals surface area contributed by atoms with Gasteiger partial charge in [-0.3, -0.25) is 4.79 Å². The van der Waals surface area contributed by atoms with Gasteiger partial charge in [0.25, 0.3) is 0 Å². The molecule has 2 rings (SSSR count).